The third-order valence-corrected chi connectivity index (χ3v) is 2.18. The van der Waals surface area contributed by atoms with Gasteiger partial charge in [-0.2, -0.15) is 0 Å². The summed E-state index contributed by atoms with van der Waals surface area (Å²) >= 11 is 0. The van der Waals surface area contributed by atoms with Crippen LogP contribution in [-0.2, 0) is 4.74 Å². The fraction of sp³-hybridized carbons (Fsp3) is 0.923. The van der Waals surface area contributed by atoms with Crippen molar-refractivity contribution in [2.24, 2.45) is 5.92 Å². The zero-order chi connectivity index (χ0) is 13.9. The van der Waals surface area contributed by atoms with Crippen molar-refractivity contribution in [3.63, 3.8) is 0 Å². The fourth-order valence-corrected chi connectivity index (χ4v) is 1.38. The monoisotopic (exact) mass is 245 g/mol. The second-order valence-electron chi connectivity index (χ2n) is 6.58. The summed E-state index contributed by atoms with van der Waals surface area (Å²) in [6.07, 6.45) is -0.278. The van der Waals surface area contributed by atoms with E-state index in [1.165, 1.54) is 0 Å². The molecule has 0 heterocycles. The van der Waals surface area contributed by atoms with Crippen LogP contribution in [0.25, 0.3) is 0 Å². The summed E-state index contributed by atoms with van der Waals surface area (Å²) in [6.45, 7) is 13.1. The van der Waals surface area contributed by atoms with Crippen LogP contribution < -0.4 is 5.32 Å². The lowest BCUT2D eigenvalue weighted by Gasteiger charge is -2.29. The maximum atomic E-state index is 11.6. The van der Waals surface area contributed by atoms with Gasteiger partial charge >= 0.3 is 6.09 Å². The van der Waals surface area contributed by atoms with E-state index >= 15 is 0 Å². The number of hydrogen-bond donors (Lipinski definition) is 2. The number of nitrogens with one attached hydrogen (secondary N) is 1. The number of alkyl carbamates (subject to hydrolysis) is 1. The number of rotatable bonds is 4. The minimum absolute atomic E-state index is 0.173. The first-order valence-electron chi connectivity index (χ1n) is 6.12. The second kappa shape index (κ2) is 5.71. The van der Waals surface area contributed by atoms with Gasteiger partial charge in [-0.3, -0.25) is 0 Å². The van der Waals surface area contributed by atoms with Gasteiger partial charge in [-0.25, -0.2) is 4.79 Å². The Morgan fingerprint density at radius 3 is 2.00 bits per heavy atom. The van der Waals surface area contributed by atoms with Crippen molar-refractivity contribution in [1.82, 2.24) is 5.32 Å². The average molecular weight is 245 g/mol. The summed E-state index contributed by atoms with van der Waals surface area (Å²) in [4.78, 5) is 11.6. The van der Waals surface area contributed by atoms with Gasteiger partial charge in [-0.05, 0) is 40.5 Å². The largest absolute Gasteiger partial charge is 0.446 e. The molecule has 0 saturated heterocycles. The Labute approximate surface area is 105 Å². The molecule has 0 spiro atoms. The van der Waals surface area contributed by atoms with E-state index < -0.39 is 11.7 Å². The zero-order valence-corrected chi connectivity index (χ0v) is 12.1. The quantitative estimate of drug-likeness (QED) is 0.800. The minimum atomic E-state index is -0.836. The highest BCUT2D eigenvalue weighted by molar-refractivity contribution is 5.68. The molecule has 102 valence electrons. The van der Waals surface area contributed by atoms with Crippen molar-refractivity contribution in [2.45, 2.75) is 72.1 Å². The number of aliphatic hydroxyl groups is 1. The van der Waals surface area contributed by atoms with Gasteiger partial charge in [-0.1, -0.05) is 13.8 Å². The molecule has 4 heteroatoms. The Kier molecular flexibility index (Phi) is 5.46. The van der Waals surface area contributed by atoms with Crippen LogP contribution in [0, 0.1) is 5.92 Å². The number of ether oxygens (including phenoxy) is 1. The van der Waals surface area contributed by atoms with Crippen molar-refractivity contribution in [3.05, 3.63) is 0 Å². The molecule has 0 aromatic carbocycles. The minimum Gasteiger partial charge on any atom is -0.446 e. The molecule has 0 aliphatic heterocycles. The van der Waals surface area contributed by atoms with Crippen molar-refractivity contribution in [1.29, 1.82) is 0 Å². The first kappa shape index (κ1) is 16.2. The van der Waals surface area contributed by atoms with E-state index in [0.29, 0.717) is 6.42 Å². The van der Waals surface area contributed by atoms with Crippen molar-refractivity contribution < 1.29 is 14.6 Å². The zero-order valence-electron chi connectivity index (χ0n) is 12.1. The molecule has 2 N–H and O–H groups in total. The van der Waals surface area contributed by atoms with Gasteiger partial charge in [0.2, 0.25) is 0 Å². The first-order chi connectivity index (χ1) is 7.41. The van der Waals surface area contributed by atoms with Gasteiger partial charge in [0.15, 0.2) is 0 Å². The van der Waals surface area contributed by atoms with Gasteiger partial charge in [-0.15, -0.1) is 0 Å². The van der Waals surface area contributed by atoms with E-state index in [2.05, 4.69) is 5.32 Å². The van der Waals surface area contributed by atoms with Crippen molar-refractivity contribution >= 4 is 6.09 Å². The van der Waals surface area contributed by atoms with Crippen LogP contribution in [0.3, 0.4) is 0 Å². The number of carbonyl (C=O) groups excluding carboxylic acids is 1. The van der Waals surface area contributed by atoms with E-state index in [0.717, 1.165) is 0 Å². The molecule has 1 amide bonds. The molecular weight excluding hydrogens is 218 g/mol. The molecule has 0 fully saturated rings. The molecule has 0 aliphatic rings. The van der Waals surface area contributed by atoms with Crippen LogP contribution in [0.5, 0.6) is 0 Å². The number of carbonyl (C=O) groups is 1. The van der Waals surface area contributed by atoms with Crippen molar-refractivity contribution in [3.8, 4) is 0 Å². The molecule has 0 aliphatic carbocycles. The Bertz CT molecular complexity index is 248. The summed E-state index contributed by atoms with van der Waals surface area (Å²) < 4.78 is 5.35. The maximum Gasteiger partial charge on any atom is 0.407 e. The van der Waals surface area contributed by atoms with Gasteiger partial charge in [0.1, 0.15) is 6.10 Å². The Morgan fingerprint density at radius 2 is 1.71 bits per heavy atom. The van der Waals surface area contributed by atoms with E-state index in [4.69, 9.17) is 4.74 Å². The Balaban J connectivity index is 4.41. The second-order valence-corrected chi connectivity index (χ2v) is 6.58. The topological polar surface area (TPSA) is 58.6 Å². The van der Waals surface area contributed by atoms with E-state index in [9.17, 15) is 9.90 Å². The maximum absolute atomic E-state index is 11.6. The molecule has 1 atom stereocenters. The Hall–Kier alpha value is -0.770. The molecule has 0 aromatic heterocycles. The molecule has 0 radical (unpaired) electrons. The predicted molar refractivity (Wildman–Crippen MR) is 68.9 cm³/mol. The normalized spacial score (nSPS) is 14.6. The molecule has 0 unspecified atom stereocenters. The standard InChI is InChI=1S/C13H27NO3/c1-9(2)10(8-13(6,7)16)17-11(15)14-12(3,4)5/h9-10,16H,8H2,1-7H3,(H,14,15)/t10-/m1/s1. The lowest BCUT2D eigenvalue weighted by molar-refractivity contribution is -0.00946. The summed E-state index contributed by atoms with van der Waals surface area (Å²) in [6, 6.07) is 0. The number of hydrogen-bond acceptors (Lipinski definition) is 3. The van der Waals surface area contributed by atoms with E-state index in [1.807, 2.05) is 34.6 Å². The smallest absolute Gasteiger partial charge is 0.407 e. The third-order valence-electron chi connectivity index (χ3n) is 2.18. The highest BCUT2D eigenvalue weighted by Crippen LogP contribution is 2.20. The van der Waals surface area contributed by atoms with Gasteiger partial charge < -0.3 is 15.2 Å². The number of amides is 1. The van der Waals surface area contributed by atoms with Crippen LogP contribution in [-0.4, -0.2) is 28.4 Å². The Morgan fingerprint density at radius 1 is 1.24 bits per heavy atom. The lowest BCUT2D eigenvalue weighted by atomic mass is 9.94. The molecular formula is C13H27NO3. The molecule has 0 bridgehead atoms. The van der Waals surface area contributed by atoms with Gasteiger partial charge in [0.25, 0.3) is 0 Å². The fourth-order valence-electron chi connectivity index (χ4n) is 1.38. The van der Waals surface area contributed by atoms with Gasteiger partial charge in [0, 0.05) is 12.0 Å². The molecule has 0 aromatic rings. The van der Waals surface area contributed by atoms with Crippen LogP contribution in [0.1, 0.15) is 54.9 Å². The summed E-state index contributed by atoms with van der Waals surface area (Å²) in [5.41, 5.74) is -1.15. The van der Waals surface area contributed by atoms with Crippen LogP contribution >= 0.6 is 0 Å². The van der Waals surface area contributed by atoms with Crippen LogP contribution in [0.15, 0.2) is 0 Å². The first-order valence-corrected chi connectivity index (χ1v) is 6.12. The highest BCUT2D eigenvalue weighted by atomic mass is 16.6. The summed E-state index contributed by atoms with van der Waals surface area (Å²) in [7, 11) is 0. The van der Waals surface area contributed by atoms with Crippen LogP contribution in [0.4, 0.5) is 4.79 Å². The van der Waals surface area contributed by atoms with Gasteiger partial charge in [0.05, 0.1) is 5.60 Å². The van der Waals surface area contributed by atoms with E-state index in [1.54, 1.807) is 13.8 Å². The lowest BCUT2D eigenvalue weighted by Crippen LogP contribution is -2.44. The SMILES string of the molecule is CC(C)[C@@H](CC(C)(C)O)OC(=O)NC(C)(C)C. The molecule has 0 saturated carbocycles. The molecule has 0 rings (SSSR count). The third kappa shape index (κ3) is 8.98. The van der Waals surface area contributed by atoms with Crippen molar-refractivity contribution in [2.75, 3.05) is 0 Å². The highest BCUT2D eigenvalue weighted by Gasteiger charge is 2.27. The molecule has 17 heavy (non-hydrogen) atoms. The average Bonchev–Trinajstić information content (AvgIpc) is 1.95. The predicted octanol–water partition coefficient (Wildman–Crippen LogP) is 2.70. The van der Waals surface area contributed by atoms with E-state index in [-0.39, 0.29) is 17.6 Å². The van der Waals surface area contributed by atoms with Crippen LogP contribution in [0.2, 0.25) is 0 Å². The summed E-state index contributed by atoms with van der Waals surface area (Å²) in [5.74, 6) is 0.173. The molecule has 4 nitrogen and oxygen atoms in total. The summed E-state index contributed by atoms with van der Waals surface area (Å²) in [5, 5.41) is 12.5.